The topological polar surface area (TPSA) is 55.0 Å². The molecule has 1 unspecified atom stereocenters. The van der Waals surface area contributed by atoms with Crippen LogP contribution in [-0.2, 0) is 0 Å². The first-order valence-corrected chi connectivity index (χ1v) is 8.56. The molecule has 1 atom stereocenters. The summed E-state index contributed by atoms with van der Waals surface area (Å²) in [6.45, 7) is 2.97. The van der Waals surface area contributed by atoms with Crippen molar-refractivity contribution in [3.05, 3.63) is 46.1 Å². The van der Waals surface area contributed by atoms with Crippen molar-refractivity contribution in [1.82, 2.24) is 9.97 Å². The largest absolute Gasteiger partial charge is 0.368 e. The molecule has 4 nitrogen and oxygen atoms in total. The van der Waals surface area contributed by atoms with Crippen LogP contribution in [-0.4, -0.2) is 16.5 Å². The van der Waals surface area contributed by atoms with E-state index in [2.05, 4.69) is 55.1 Å². The number of nitrogens with two attached hydrogens (primary N) is 1. The Hall–Kier alpha value is -1.62. The second-order valence-electron chi connectivity index (χ2n) is 5.81. The number of hydrogen-bond donors (Lipinski definition) is 1. The molecule has 22 heavy (non-hydrogen) atoms. The molecule has 0 amide bonds. The van der Waals surface area contributed by atoms with Crippen molar-refractivity contribution in [2.24, 2.45) is 0 Å². The fourth-order valence-corrected chi connectivity index (χ4v) is 3.72. The quantitative estimate of drug-likeness (QED) is 0.869. The van der Waals surface area contributed by atoms with Gasteiger partial charge in [0.1, 0.15) is 5.82 Å². The Kier molecular flexibility index (Phi) is 4.62. The second-order valence-corrected chi connectivity index (χ2v) is 6.66. The van der Waals surface area contributed by atoms with Gasteiger partial charge in [-0.3, -0.25) is 0 Å². The molecule has 0 spiro atoms. The monoisotopic (exact) mass is 360 g/mol. The number of halogens is 1. The Balaban J connectivity index is 2.03. The highest BCUT2D eigenvalue weighted by atomic mass is 79.9. The van der Waals surface area contributed by atoms with E-state index in [1.54, 1.807) is 0 Å². The smallest absolute Gasteiger partial charge is 0.222 e. The number of aryl methyl sites for hydroxylation is 1. The van der Waals surface area contributed by atoms with E-state index < -0.39 is 0 Å². The zero-order valence-corrected chi connectivity index (χ0v) is 14.4. The third kappa shape index (κ3) is 3.24. The van der Waals surface area contributed by atoms with Crippen LogP contribution in [0.15, 0.2) is 34.8 Å². The molecule has 3 rings (SSSR count). The molecule has 0 aliphatic carbocycles. The first-order valence-electron chi connectivity index (χ1n) is 7.77. The van der Waals surface area contributed by atoms with Gasteiger partial charge in [-0.1, -0.05) is 47.0 Å². The number of aromatic nitrogens is 2. The molecule has 116 valence electrons. The van der Waals surface area contributed by atoms with Crippen molar-refractivity contribution in [3.63, 3.8) is 0 Å². The maximum Gasteiger partial charge on any atom is 0.222 e. The Morgan fingerprint density at radius 1 is 1.18 bits per heavy atom. The molecular weight excluding hydrogens is 340 g/mol. The summed E-state index contributed by atoms with van der Waals surface area (Å²) < 4.78 is 1.16. The predicted molar refractivity (Wildman–Crippen MR) is 93.9 cm³/mol. The standard InChI is InChI=1S/C17H21BrN4/c1-12-11-16(21-17(19)20-12)22-10-6-2-3-9-15(22)13-7-4-5-8-14(13)18/h4-5,7-8,11,15H,2-3,6,9-10H2,1H3,(H2,19,20,21). The Labute approximate surface area is 139 Å². The van der Waals surface area contributed by atoms with Crippen molar-refractivity contribution >= 4 is 27.7 Å². The van der Waals surface area contributed by atoms with Gasteiger partial charge in [0.15, 0.2) is 0 Å². The van der Waals surface area contributed by atoms with Gasteiger partial charge >= 0.3 is 0 Å². The van der Waals surface area contributed by atoms with Crippen LogP contribution in [0.1, 0.15) is 43.0 Å². The highest BCUT2D eigenvalue weighted by molar-refractivity contribution is 9.10. The summed E-state index contributed by atoms with van der Waals surface area (Å²) in [6.07, 6.45) is 4.81. The maximum absolute atomic E-state index is 5.86. The molecule has 1 saturated heterocycles. The van der Waals surface area contributed by atoms with E-state index >= 15 is 0 Å². The molecule has 0 radical (unpaired) electrons. The zero-order valence-electron chi connectivity index (χ0n) is 12.8. The van der Waals surface area contributed by atoms with Crippen LogP contribution in [0.25, 0.3) is 0 Å². The van der Waals surface area contributed by atoms with Crippen LogP contribution in [0, 0.1) is 6.92 Å². The van der Waals surface area contributed by atoms with E-state index in [4.69, 9.17) is 5.73 Å². The Bertz CT molecular complexity index is 639. The number of benzene rings is 1. The van der Waals surface area contributed by atoms with Crippen LogP contribution in [0.2, 0.25) is 0 Å². The summed E-state index contributed by atoms with van der Waals surface area (Å²) in [6, 6.07) is 10.8. The second kappa shape index (κ2) is 6.65. The summed E-state index contributed by atoms with van der Waals surface area (Å²) >= 11 is 3.70. The van der Waals surface area contributed by atoms with Gasteiger partial charge in [-0.05, 0) is 31.4 Å². The fraction of sp³-hybridized carbons (Fsp3) is 0.412. The highest BCUT2D eigenvalue weighted by Crippen LogP contribution is 2.36. The minimum Gasteiger partial charge on any atom is -0.368 e. The average Bonchev–Trinajstić information content (AvgIpc) is 2.72. The van der Waals surface area contributed by atoms with Crippen LogP contribution < -0.4 is 10.6 Å². The summed E-state index contributed by atoms with van der Waals surface area (Å²) in [5.41, 5.74) is 8.09. The van der Waals surface area contributed by atoms with Gasteiger partial charge in [0, 0.05) is 22.8 Å². The van der Waals surface area contributed by atoms with Crippen molar-refractivity contribution in [3.8, 4) is 0 Å². The lowest BCUT2D eigenvalue weighted by molar-refractivity contribution is 0.594. The van der Waals surface area contributed by atoms with E-state index in [0.717, 1.165) is 29.0 Å². The first-order chi connectivity index (χ1) is 10.6. The molecular formula is C17H21BrN4. The van der Waals surface area contributed by atoms with Crippen molar-refractivity contribution < 1.29 is 0 Å². The van der Waals surface area contributed by atoms with Gasteiger partial charge in [-0.15, -0.1) is 0 Å². The lowest BCUT2D eigenvalue weighted by Gasteiger charge is -2.32. The van der Waals surface area contributed by atoms with Gasteiger partial charge in [0.05, 0.1) is 6.04 Å². The predicted octanol–water partition coefficient (Wildman–Crippen LogP) is 4.25. The SMILES string of the molecule is Cc1cc(N2CCCCCC2c2ccccc2Br)nc(N)n1. The summed E-state index contributed by atoms with van der Waals surface area (Å²) in [5, 5.41) is 0. The number of anilines is 2. The van der Waals surface area contributed by atoms with E-state index in [0.29, 0.717) is 12.0 Å². The molecule has 0 saturated carbocycles. The molecule has 5 heteroatoms. The van der Waals surface area contributed by atoms with Gasteiger partial charge in [-0.25, -0.2) is 4.98 Å². The third-order valence-corrected chi connectivity index (χ3v) is 4.89. The third-order valence-electron chi connectivity index (χ3n) is 4.17. The molecule has 1 aromatic carbocycles. The van der Waals surface area contributed by atoms with Crippen LogP contribution in [0.3, 0.4) is 0 Å². The minimum atomic E-state index is 0.326. The Morgan fingerprint density at radius 3 is 2.77 bits per heavy atom. The Morgan fingerprint density at radius 2 is 2.00 bits per heavy atom. The highest BCUT2D eigenvalue weighted by Gasteiger charge is 2.25. The van der Waals surface area contributed by atoms with Crippen molar-refractivity contribution in [2.75, 3.05) is 17.2 Å². The van der Waals surface area contributed by atoms with Crippen molar-refractivity contribution in [1.29, 1.82) is 0 Å². The summed E-state index contributed by atoms with van der Waals surface area (Å²) in [4.78, 5) is 11.1. The molecule has 2 heterocycles. The number of nitrogens with zero attached hydrogens (tertiary/aromatic N) is 3. The van der Waals surface area contributed by atoms with Crippen molar-refractivity contribution in [2.45, 2.75) is 38.6 Å². The molecule has 1 aliphatic heterocycles. The molecule has 1 fully saturated rings. The van der Waals surface area contributed by atoms with E-state index in [-0.39, 0.29) is 0 Å². The maximum atomic E-state index is 5.86. The van der Waals surface area contributed by atoms with Crippen LogP contribution in [0.5, 0.6) is 0 Å². The normalized spacial score (nSPS) is 19.0. The lowest BCUT2D eigenvalue weighted by atomic mass is 10.0. The lowest BCUT2D eigenvalue weighted by Crippen LogP contribution is -2.29. The number of hydrogen-bond acceptors (Lipinski definition) is 4. The molecule has 1 aliphatic rings. The van der Waals surface area contributed by atoms with E-state index in [1.165, 1.54) is 24.8 Å². The molecule has 1 aromatic heterocycles. The molecule has 2 aromatic rings. The fourth-order valence-electron chi connectivity index (χ4n) is 3.17. The molecule has 2 N–H and O–H groups in total. The van der Waals surface area contributed by atoms with Gasteiger partial charge in [0.25, 0.3) is 0 Å². The first kappa shape index (κ1) is 15.3. The molecule has 0 bridgehead atoms. The number of nitrogen functional groups attached to an aromatic ring is 1. The summed E-state index contributed by atoms with van der Waals surface area (Å²) in [5.74, 6) is 1.29. The zero-order chi connectivity index (χ0) is 15.5. The van der Waals surface area contributed by atoms with Gasteiger partial charge in [0.2, 0.25) is 5.95 Å². The van der Waals surface area contributed by atoms with Gasteiger partial charge < -0.3 is 10.6 Å². The van der Waals surface area contributed by atoms with Crippen LogP contribution in [0.4, 0.5) is 11.8 Å². The summed E-state index contributed by atoms with van der Waals surface area (Å²) in [7, 11) is 0. The van der Waals surface area contributed by atoms with E-state index in [9.17, 15) is 0 Å². The number of rotatable bonds is 2. The average molecular weight is 361 g/mol. The van der Waals surface area contributed by atoms with Crippen LogP contribution >= 0.6 is 15.9 Å². The van der Waals surface area contributed by atoms with Gasteiger partial charge in [-0.2, -0.15) is 4.98 Å². The van der Waals surface area contributed by atoms with E-state index in [1.807, 2.05) is 13.0 Å². The minimum absolute atomic E-state index is 0.326.